The first-order chi connectivity index (χ1) is 22.1. The minimum atomic E-state index is -4.71. The number of hydrogen-bond donors (Lipinski definition) is 4. The Bertz CT molecular complexity index is 813. The highest BCUT2D eigenvalue weighted by atomic mass is 31.2. The van der Waals surface area contributed by atoms with Gasteiger partial charge in [-0.25, -0.2) is 9.36 Å². The van der Waals surface area contributed by atoms with Gasteiger partial charge in [-0.05, 0) is 6.42 Å². The summed E-state index contributed by atoms with van der Waals surface area (Å²) in [5, 5.41) is 21.2. The highest BCUT2D eigenvalue weighted by Crippen LogP contribution is 2.43. The van der Waals surface area contributed by atoms with E-state index in [1.54, 1.807) is 0 Å². The number of ether oxygens (including phenoxy) is 1. The average molecular weight is 680 g/mol. The number of nitrogens with one attached hydrogen (secondary N) is 1. The standard InChI is InChI=1S/C34H66NO10P/c1-3-4-5-6-7-8-9-10-11-12-13-14-15-16-17-18-19-20-21-22-23-24-25-26-33(38)35-32(34(39)40)29-45-46(41,42)44-28-31(37)27-43-30(2)36/h31-32,37H,3-29H2,1-2H3,(H,35,38)(H,39,40)(H,41,42). The number of aliphatic hydroxyl groups excluding tert-OH is 1. The molecular formula is C34H66NO10P. The summed E-state index contributed by atoms with van der Waals surface area (Å²) in [7, 11) is -4.71. The summed E-state index contributed by atoms with van der Waals surface area (Å²) in [4.78, 5) is 44.0. The van der Waals surface area contributed by atoms with Gasteiger partial charge < -0.3 is 25.2 Å². The molecule has 0 heterocycles. The third-order valence-corrected chi connectivity index (χ3v) is 8.90. The van der Waals surface area contributed by atoms with Gasteiger partial charge in [-0.3, -0.25) is 18.6 Å². The number of carboxylic acid groups (broad SMARTS) is 1. The number of unbranched alkanes of at least 4 members (excludes halogenated alkanes) is 22. The number of esters is 1. The van der Waals surface area contributed by atoms with Crippen LogP contribution in [0.15, 0.2) is 0 Å². The number of rotatable bonds is 34. The van der Waals surface area contributed by atoms with Crippen LogP contribution in [-0.2, 0) is 32.7 Å². The van der Waals surface area contributed by atoms with Crippen molar-refractivity contribution in [3.8, 4) is 0 Å². The van der Waals surface area contributed by atoms with Crippen LogP contribution in [0.1, 0.15) is 168 Å². The maximum absolute atomic E-state index is 12.2. The van der Waals surface area contributed by atoms with Crippen molar-refractivity contribution in [2.24, 2.45) is 0 Å². The molecule has 12 heteroatoms. The molecule has 0 rings (SSSR count). The van der Waals surface area contributed by atoms with Crippen LogP contribution in [-0.4, -0.2) is 64.9 Å². The molecule has 0 fully saturated rings. The highest BCUT2D eigenvalue weighted by molar-refractivity contribution is 7.47. The monoisotopic (exact) mass is 679 g/mol. The Kier molecular flexibility index (Phi) is 29.8. The van der Waals surface area contributed by atoms with Crippen molar-refractivity contribution in [2.75, 3.05) is 19.8 Å². The van der Waals surface area contributed by atoms with Gasteiger partial charge in [0.2, 0.25) is 5.91 Å². The molecule has 0 saturated heterocycles. The van der Waals surface area contributed by atoms with Crippen molar-refractivity contribution in [1.29, 1.82) is 0 Å². The highest BCUT2D eigenvalue weighted by Gasteiger charge is 2.28. The molecule has 11 nitrogen and oxygen atoms in total. The Labute approximate surface area is 278 Å². The van der Waals surface area contributed by atoms with Crippen LogP contribution in [0.5, 0.6) is 0 Å². The normalized spacial score (nSPS) is 14.0. The largest absolute Gasteiger partial charge is 0.480 e. The Morgan fingerprint density at radius 1 is 0.630 bits per heavy atom. The fraction of sp³-hybridized carbons (Fsp3) is 0.912. The van der Waals surface area contributed by atoms with E-state index in [1.165, 1.54) is 122 Å². The van der Waals surface area contributed by atoms with Gasteiger partial charge in [0, 0.05) is 13.3 Å². The van der Waals surface area contributed by atoms with Crippen LogP contribution in [0.2, 0.25) is 0 Å². The lowest BCUT2D eigenvalue weighted by Gasteiger charge is -2.18. The lowest BCUT2D eigenvalue weighted by molar-refractivity contribution is -0.144. The van der Waals surface area contributed by atoms with Gasteiger partial charge in [-0.2, -0.15) is 0 Å². The van der Waals surface area contributed by atoms with E-state index < -0.39 is 57.6 Å². The molecule has 46 heavy (non-hydrogen) atoms. The number of carboxylic acids is 1. The molecule has 3 atom stereocenters. The summed E-state index contributed by atoms with van der Waals surface area (Å²) in [5.41, 5.74) is 0. The molecule has 0 aromatic rings. The van der Waals surface area contributed by atoms with Crippen LogP contribution in [0.4, 0.5) is 0 Å². The maximum atomic E-state index is 12.2. The van der Waals surface area contributed by atoms with Crippen LogP contribution in [0, 0.1) is 0 Å². The molecule has 0 aromatic carbocycles. The van der Waals surface area contributed by atoms with E-state index in [0.29, 0.717) is 6.42 Å². The van der Waals surface area contributed by atoms with Crippen molar-refractivity contribution in [3.63, 3.8) is 0 Å². The molecular weight excluding hydrogens is 613 g/mol. The Balaban J connectivity index is 3.65. The molecule has 0 bridgehead atoms. The predicted octanol–water partition coefficient (Wildman–Crippen LogP) is 8.00. The first kappa shape index (κ1) is 44.5. The van der Waals surface area contributed by atoms with E-state index in [-0.39, 0.29) is 6.42 Å². The molecule has 0 aliphatic heterocycles. The van der Waals surface area contributed by atoms with Crippen molar-refractivity contribution in [1.82, 2.24) is 5.32 Å². The van der Waals surface area contributed by atoms with E-state index in [1.807, 2.05) is 0 Å². The van der Waals surface area contributed by atoms with Gasteiger partial charge in [0.15, 0.2) is 6.04 Å². The Morgan fingerprint density at radius 2 is 1.00 bits per heavy atom. The minimum absolute atomic E-state index is 0.151. The summed E-state index contributed by atoms with van der Waals surface area (Å²) in [6, 6.07) is -1.54. The molecule has 3 unspecified atom stereocenters. The zero-order chi connectivity index (χ0) is 34.3. The minimum Gasteiger partial charge on any atom is -0.480 e. The number of hydrogen-bond acceptors (Lipinski definition) is 8. The zero-order valence-electron chi connectivity index (χ0n) is 28.9. The lowest BCUT2D eigenvalue weighted by Crippen LogP contribution is -2.43. The first-order valence-corrected chi connectivity index (χ1v) is 19.5. The number of carbonyl (C=O) groups is 3. The third kappa shape index (κ3) is 31.1. The van der Waals surface area contributed by atoms with Crippen LogP contribution in [0.3, 0.4) is 0 Å². The van der Waals surface area contributed by atoms with Gasteiger partial charge in [-0.15, -0.1) is 0 Å². The molecule has 0 spiro atoms. The second-order valence-corrected chi connectivity index (χ2v) is 14.0. The van der Waals surface area contributed by atoms with Gasteiger partial charge in [0.05, 0.1) is 13.2 Å². The second kappa shape index (κ2) is 30.8. The van der Waals surface area contributed by atoms with E-state index in [9.17, 15) is 34.1 Å². The smallest absolute Gasteiger partial charge is 0.472 e. The van der Waals surface area contributed by atoms with Crippen molar-refractivity contribution < 1.29 is 47.8 Å². The summed E-state index contributed by atoms with van der Waals surface area (Å²) in [5.74, 6) is -2.55. The zero-order valence-corrected chi connectivity index (χ0v) is 29.8. The van der Waals surface area contributed by atoms with Gasteiger partial charge in [0.1, 0.15) is 12.7 Å². The van der Waals surface area contributed by atoms with E-state index >= 15 is 0 Å². The predicted molar refractivity (Wildman–Crippen MR) is 180 cm³/mol. The van der Waals surface area contributed by atoms with E-state index in [4.69, 9.17) is 0 Å². The number of carbonyl (C=O) groups excluding carboxylic acids is 2. The summed E-state index contributed by atoms with van der Waals surface area (Å²) >= 11 is 0. The molecule has 0 aromatic heterocycles. The fourth-order valence-corrected chi connectivity index (χ4v) is 5.93. The summed E-state index contributed by atoms with van der Waals surface area (Å²) in [6.45, 7) is 1.49. The summed E-state index contributed by atoms with van der Waals surface area (Å²) in [6.07, 6.45) is 28.3. The molecule has 4 N–H and O–H groups in total. The van der Waals surface area contributed by atoms with Crippen molar-refractivity contribution in [3.05, 3.63) is 0 Å². The topological polar surface area (TPSA) is 169 Å². The van der Waals surface area contributed by atoms with Crippen LogP contribution >= 0.6 is 7.82 Å². The lowest BCUT2D eigenvalue weighted by atomic mass is 10.0. The average Bonchev–Trinajstić information content (AvgIpc) is 3.01. The van der Waals surface area contributed by atoms with Gasteiger partial charge in [0.25, 0.3) is 0 Å². The maximum Gasteiger partial charge on any atom is 0.472 e. The molecule has 0 saturated carbocycles. The number of aliphatic hydroxyl groups is 1. The molecule has 1 amide bonds. The Morgan fingerprint density at radius 3 is 1.37 bits per heavy atom. The second-order valence-electron chi connectivity index (χ2n) is 12.5. The number of aliphatic carboxylic acids is 1. The Hall–Kier alpha value is -1.52. The molecule has 0 radical (unpaired) electrons. The molecule has 0 aliphatic rings. The number of amides is 1. The van der Waals surface area contributed by atoms with E-state index in [0.717, 1.165) is 26.2 Å². The van der Waals surface area contributed by atoms with Crippen LogP contribution < -0.4 is 5.32 Å². The van der Waals surface area contributed by atoms with Crippen LogP contribution in [0.25, 0.3) is 0 Å². The quantitative estimate of drug-likeness (QED) is 0.0297. The van der Waals surface area contributed by atoms with Gasteiger partial charge in [-0.1, -0.05) is 148 Å². The summed E-state index contributed by atoms with van der Waals surface area (Å²) < 4.78 is 25.7. The molecule has 0 aliphatic carbocycles. The van der Waals surface area contributed by atoms with E-state index in [2.05, 4.69) is 26.0 Å². The fourth-order valence-electron chi connectivity index (χ4n) is 5.16. The number of phosphoric acid groups is 1. The first-order valence-electron chi connectivity index (χ1n) is 18.0. The van der Waals surface area contributed by atoms with Crippen molar-refractivity contribution >= 4 is 25.7 Å². The third-order valence-electron chi connectivity index (χ3n) is 7.95. The number of phosphoric ester groups is 1. The SMILES string of the molecule is CCCCCCCCCCCCCCCCCCCCCCCCCC(=O)NC(COP(=O)(O)OCC(O)COC(C)=O)C(=O)O. The molecule has 272 valence electrons. The van der Waals surface area contributed by atoms with Gasteiger partial charge >= 0.3 is 19.8 Å². The van der Waals surface area contributed by atoms with Crippen molar-refractivity contribution in [2.45, 2.75) is 180 Å².